The smallest absolute Gasteiger partial charge is 0.215 e. The van der Waals surface area contributed by atoms with E-state index in [0.717, 1.165) is 9.13 Å². The van der Waals surface area contributed by atoms with Crippen molar-refractivity contribution < 1.29 is 8.42 Å². The molecule has 0 atom stereocenters. The first-order valence-electron chi connectivity index (χ1n) is 3.69. The summed E-state index contributed by atoms with van der Waals surface area (Å²) in [6, 6.07) is 7.44. The topological polar surface area (TPSA) is 46.2 Å². The lowest BCUT2D eigenvalue weighted by atomic mass is 10.2. The van der Waals surface area contributed by atoms with E-state index < -0.39 is 10.0 Å². The summed E-state index contributed by atoms with van der Waals surface area (Å²) in [6.45, 7) is 0. The summed E-state index contributed by atoms with van der Waals surface area (Å²) in [5.41, 5.74) is 0.807. The number of hydrogen-bond donors (Lipinski definition) is 1. The van der Waals surface area contributed by atoms with Crippen molar-refractivity contribution in [3.8, 4) is 0 Å². The fourth-order valence-corrected chi connectivity index (χ4v) is 2.29. The van der Waals surface area contributed by atoms with E-state index >= 15 is 0 Å². The molecule has 0 saturated heterocycles. The predicted molar refractivity (Wildman–Crippen MR) is 60.8 cm³/mol. The molecule has 0 fully saturated rings. The zero-order chi connectivity index (χ0) is 9.90. The highest BCUT2D eigenvalue weighted by Gasteiger charge is 2.07. The third-order valence-corrected chi connectivity index (χ3v) is 3.56. The summed E-state index contributed by atoms with van der Waals surface area (Å²) < 4.78 is 25.7. The van der Waals surface area contributed by atoms with Crippen LogP contribution in [-0.4, -0.2) is 15.5 Å². The van der Waals surface area contributed by atoms with Gasteiger partial charge in [-0.3, -0.25) is 0 Å². The Labute approximate surface area is 91.7 Å². The van der Waals surface area contributed by atoms with Gasteiger partial charge in [-0.15, -0.1) is 0 Å². The highest BCUT2D eigenvalue weighted by Crippen LogP contribution is 2.09. The van der Waals surface area contributed by atoms with Gasteiger partial charge < -0.3 is 0 Å². The molecule has 1 N–H and O–H groups in total. The molecule has 5 heteroatoms. The average Bonchev–Trinajstić information content (AvgIpc) is 2.03. The summed E-state index contributed by atoms with van der Waals surface area (Å²) in [5.74, 6) is 0.0420. The monoisotopic (exact) mass is 311 g/mol. The van der Waals surface area contributed by atoms with Crippen LogP contribution in [0.5, 0.6) is 0 Å². The zero-order valence-electron chi connectivity index (χ0n) is 7.12. The lowest BCUT2D eigenvalue weighted by Crippen LogP contribution is -2.20. The third kappa shape index (κ3) is 3.61. The minimum Gasteiger partial charge on any atom is -0.218 e. The summed E-state index contributed by atoms with van der Waals surface area (Å²) in [4.78, 5) is 0. The largest absolute Gasteiger partial charge is 0.218 e. The number of benzene rings is 1. The second kappa shape index (κ2) is 4.39. The van der Waals surface area contributed by atoms with E-state index in [1.165, 1.54) is 7.05 Å². The Bertz CT molecular complexity index is 389. The molecule has 1 rings (SSSR count). The van der Waals surface area contributed by atoms with Crippen molar-refractivity contribution in [2.24, 2.45) is 0 Å². The molecule has 0 saturated carbocycles. The molecule has 1 aromatic carbocycles. The average molecular weight is 311 g/mol. The Morgan fingerprint density at radius 1 is 1.46 bits per heavy atom. The molecule has 0 unspecified atom stereocenters. The fraction of sp³-hybridized carbons (Fsp3) is 0.250. The van der Waals surface area contributed by atoms with E-state index in [-0.39, 0.29) is 5.75 Å². The van der Waals surface area contributed by atoms with Gasteiger partial charge in [-0.05, 0) is 47.3 Å². The predicted octanol–water partition coefficient (Wildman–Crippen LogP) is 1.34. The Morgan fingerprint density at radius 2 is 2.15 bits per heavy atom. The van der Waals surface area contributed by atoms with Crippen molar-refractivity contribution in [1.29, 1.82) is 0 Å². The van der Waals surface area contributed by atoms with Gasteiger partial charge in [0.25, 0.3) is 0 Å². The van der Waals surface area contributed by atoms with Crippen LogP contribution in [0.15, 0.2) is 24.3 Å². The zero-order valence-corrected chi connectivity index (χ0v) is 10.1. The van der Waals surface area contributed by atoms with Gasteiger partial charge in [0.15, 0.2) is 0 Å². The summed E-state index contributed by atoms with van der Waals surface area (Å²) >= 11 is 2.15. The van der Waals surface area contributed by atoms with Gasteiger partial charge in [-0.1, -0.05) is 12.1 Å². The molecule has 0 aliphatic heterocycles. The van der Waals surface area contributed by atoms with Gasteiger partial charge >= 0.3 is 0 Å². The van der Waals surface area contributed by atoms with Gasteiger partial charge in [0.1, 0.15) is 0 Å². The van der Waals surface area contributed by atoms with Crippen LogP contribution in [0, 0.1) is 3.57 Å². The molecule has 1 aromatic rings. The van der Waals surface area contributed by atoms with Crippen LogP contribution in [0.4, 0.5) is 0 Å². The molecule has 0 radical (unpaired) electrons. The maximum absolute atomic E-state index is 11.2. The molecule has 0 bridgehead atoms. The Balaban J connectivity index is 2.87. The van der Waals surface area contributed by atoms with Crippen molar-refractivity contribution in [3.05, 3.63) is 33.4 Å². The maximum atomic E-state index is 11.2. The van der Waals surface area contributed by atoms with Gasteiger partial charge in [0, 0.05) is 3.57 Å². The van der Waals surface area contributed by atoms with Crippen molar-refractivity contribution in [2.75, 3.05) is 7.05 Å². The normalized spacial score (nSPS) is 11.5. The molecular weight excluding hydrogens is 301 g/mol. The van der Waals surface area contributed by atoms with E-state index in [0.29, 0.717) is 0 Å². The first-order chi connectivity index (χ1) is 6.03. The quantitative estimate of drug-likeness (QED) is 0.856. The first-order valence-corrected chi connectivity index (χ1v) is 6.42. The van der Waals surface area contributed by atoms with Crippen LogP contribution < -0.4 is 4.72 Å². The molecule has 13 heavy (non-hydrogen) atoms. The molecule has 0 aliphatic rings. The Morgan fingerprint density at radius 3 is 2.69 bits per heavy atom. The summed E-state index contributed by atoms with van der Waals surface area (Å²) in [6.07, 6.45) is 0. The van der Waals surface area contributed by atoms with Crippen molar-refractivity contribution in [1.82, 2.24) is 4.72 Å². The fourth-order valence-electron chi connectivity index (χ4n) is 0.918. The van der Waals surface area contributed by atoms with Crippen LogP contribution in [0.25, 0.3) is 0 Å². The molecule has 0 aliphatic carbocycles. The second-order valence-electron chi connectivity index (χ2n) is 2.59. The molecular formula is C8H10INO2S. The molecule has 0 heterocycles. The molecule has 3 nitrogen and oxygen atoms in total. The van der Waals surface area contributed by atoms with Gasteiger partial charge in [0.05, 0.1) is 5.75 Å². The van der Waals surface area contributed by atoms with Gasteiger partial charge in [-0.25, -0.2) is 13.1 Å². The van der Waals surface area contributed by atoms with Crippen molar-refractivity contribution in [2.45, 2.75) is 5.75 Å². The third-order valence-electron chi connectivity index (χ3n) is 1.56. The van der Waals surface area contributed by atoms with Crippen LogP contribution in [0.2, 0.25) is 0 Å². The van der Waals surface area contributed by atoms with Crippen molar-refractivity contribution >= 4 is 32.6 Å². The molecule has 0 spiro atoms. The van der Waals surface area contributed by atoms with E-state index in [1.807, 2.05) is 18.2 Å². The lowest BCUT2D eigenvalue weighted by molar-refractivity contribution is 0.587. The number of hydrogen-bond acceptors (Lipinski definition) is 2. The molecule has 0 amide bonds. The van der Waals surface area contributed by atoms with Crippen LogP contribution in [0.3, 0.4) is 0 Å². The summed E-state index contributed by atoms with van der Waals surface area (Å²) in [7, 11) is -1.72. The number of sulfonamides is 1. The number of nitrogens with one attached hydrogen (secondary N) is 1. The van der Waals surface area contributed by atoms with Gasteiger partial charge in [0.2, 0.25) is 10.0 Å². The van der Waals surface area contributed by atoms with Crippen molar-refractivity contribution in [3.63, 3.8) is 0 Å². The summed E-state index contributed by atoms with van der Waals surface area (Å²) in [5, 5.41) is 0. The maximum Gasteiger partial charge on any atom is 0.215 e. The highest BCUT2D eigenvalue weighted by atomic mass is 127. The van der Waals surface area contributed by atoms with E-state index in [9.17, 15) is 8.42 Å². The van der Waals surface area contributed by atoms with Gasteiger partial charge in [-0.2, -0.15) is 0 Å². The Hall–Kier alpha value is -0.140. The Kier molecular flexibility index (Phi) is 3.69. The van der Waals surface area contributed by atoms with E-state index in [4.69, 9.17) is 0 Å². The lowest BCUT2D eigenvalue weighted by Gasteiger charge is -2.02. The first kappa shape index (κ1) is 10.9. The number of halogens is 1. The van der Waals surface area contributed by atoms with E-state index in [2.05, 4.69) is 27.3 Å². The highest BCUT2D eigenvalue weighted by molar-refractivity contribution is 14.1. The second-order valence-corrected chi connectivity index (χ2v) is 5.77. The van der Waals surface area contributed by atoms with E-state index in [1.54, 1.807) is 6.07 Å². The minimum absolute atomic E-state index is 0.0420. The molecule has 0 aromatic heterocycles. The minimum atomic E-state index is -3.14. The SMILES string of the molecule is CNS(=O)(=O)Cc1cccc(I)c1. The standard InChI is InChI=1S/C8H10INO2S/c1-10-13(11,12)6-7-3-2-4-8(9)5-7/h2-5,10H,6H2,1H3. The van der Waals surface area contributed by atoms with Crippen LogP contribution in [-0.2, 0) is 15.8 Å². The molecule has 72 valence electrons. The van der Waals surface area contributed by atoms with Crippen LogP contribution in [0.1, 0.15) is 5.56 Å². The van der Waals surface area contributed by atoms with Crippen LogP contribution >= 0.6 is 22.6 Å². The number of rotatable bonds is 3.